The van der Waals surface area contributed by atoms with Gasteiger partial charge in [0.25, 0.3) is 0 Å². The fourth-order valence-corrected chi connectivity index (χ4v) is 2.17. The lowest BCUT2D eigenvalue weighted by Crippen LogP contribution is -2.46. The topological polar surface area (TPSA) is 49.4 Å². The van der Waals surface area contributed by atoms with Crippen molar-refractivity contribution in [3.63, 3.8) is 0 Å². The summed E-state index contributed by atoms with van der Waals surface area (Å²) in [6, 6.07) is 12.0. The average Bonchev–Trinajstić information content (AvgIpc) is 2.57. The van der Waals surface area contributed by atoms with Crippen molar-refractivity contribution in [2.24, 2.45) is 5.41 Å². The summed E-state index contributed by atoms with van der Waals surface area (Å²) in [6.45, 7) is 2.81. The average molecular weight is 332 g/mol. The molecule has 0 aliphatic heterocycles. The Bertz CT molecular complexity index is 741. The van der Waals surface area contributed by atoms with Crippen LogP contribution in [-0.2, 0) is 9.59 Å². The first-order valence-corrected chi connectivity index (χ1v) is 7.34. The number of nitrogens with zero attached hydrogens (tertiary/aromatic N) is 1. The van der Waals surface area contributed by atoms with Crippen molar-refractivity contribution < 1.29 is 18.4 Å². The second-order valence-corrected chi connectivity index (χ2v) is 5.88. The van der Waals surface area contributed by atoms with Crippen molar-refractivity contribution in [2.75, 3.05) is 17.3 Å². The fourth-order valence-electron chi connectivity index (χ4n) is 2.17. The van der Waals surface area contributed by atoms with Gasteiger partial charge in [-0.15, -0.1) is 0 Å². The summed E-state index contributed by atoms with van der Waals surface area (Å²) in [5, 5.41) is 2.17. The van der Waals surface area contributed by atoms with Crippen molar-refractivity contribution in [3.8, 4) is 0 Å². The van der Waals surface area contributed by atoms with E-state index in [-0.39, 0.29) is 0 Å². The number of para-hydroxylation sites is 2. The van der Waals surface area contributed by atoms with Gasteiger partial charge >= 0.3 is 0 Å². The van der Waals surface area contributed by atoms with E-state index in [9.17, 15) is 18.4 Å². The molecule has 0 bridgehead atoms. The molecule has 2 aromatic carbocycles. The van der Waals surface area contributed by atoms with Crippen LogP contribution in [0.5, 0.6) is 0 Å². The molecule has 1 N–H and O–H groups in total. The van der Waals surface area contributed by atoms with E-state index in [2.05, 4.69) is 5.32 Å². The fraction of sp³-hybridized carbons (Fsp3) is 0.222. The summed E-state index contributed by atoms with van der Waals surface area (Å²) in [4.78, 5) is 26.4. The van der Waals surface area contributed by atoms with E-state index in [4.69, 9.17) is 0 Å². The molecule has 0 heterocycles. The maximum absolute atomic E-state index is 13.7. The number of halogens is 2. The van der Waals surface area contributed by atoms with E-state index in [1.54, 1.807) is 30.3 Å². The van der Waals surface area contributed by atoms with Gasteiger partial charge in [-0.05, 0) is 38.1 Å². The molecule has 126 valence electrons. The number of carbonyl (C=O) groups excluding carboxylic acids is 2. The van der Waals surface area contributed by atoms with Gasteiger partial charge in [0.05, 0.1) is 0 Å². The summed E-state index contributed by atoms with van der Waals surface area (Å²) >= 11 is 0. The van der Waals surface area contributed by atoms with Crippen LogP contribution in [0.3, 0.4) is 0 Å². The molecule has 0 aromatic heterocycles. The Morgan fingerprint density at radius 2 is 1.50 bits per heavy atom. The second kappa shape index (κ2) is 6.78. The van der Waals surface area contributed by atoms with E-state index in [1.807, 2.05) is 0 Å². The number of carbonyl (C=O) groups is 2. The molecule has 0 aliphatic carbocycles. The van der Waals surface area contributed by atoms with Crippen LogP contribution in [0, 0.1) is 17.0 Å². The Morgan fingerprint density at radius 1 is 0.958 bits per heavy atom. The lowest BCUT2D eigenvalue weighted by atomic mass is 9.90. The summed E-state index contributed by atoms with van der Waals surface area (Å²) in [6.07, 6.45) is 0. The lowest BCUT2D eigenvalue weighted by molar-refractivity contribution is -0.136. The van der Waals surface area contributed by atoms with Gasteiger partial charge in [0, 0.05) is 12.7 Å². The van der Waals surface area contributed by atoms with Gasteiger partial charge in [-0.25, -0.2) is 8.78 Å². The molecule has 0 fully saturated rings. The van der Waals surface area contributed by atoms with Crippen LogP contribution < -0.4 is 10.2 Å². The van der Waals surface area contributed by atoms with Crippen LogP contribution in [0.15, 0.2) is 48.5 Å². The summed E-state index contributed by atoms with van der Waals surface area (Å²) in [7, 11) is 1.54. The molecular weight excluding hydrogens is 314 g/mol. The highest BCUT2D eigenvalue weighted by Gasteiger charge is 2.39. The monoisotopic (exact) mass is 332 g/mol. The van der Waals surface area contributed by atoms with Gasteiger partial charge in [0.2, 0.25) is 11.8 Å². The quantitative estimate of drug-likeness (QED) is 0.870. The molecule has 0 saturated carbocycles. The molecule has 0 atom stereocenters. The van der Waals surface area contributed by atoms with Crippen molar-refractivity contribution in [1.82, 2.24) is 0 Å². The van der Waals surface area contributed by atoms with E-state index in [0.29, 0.717) is 5.69 Å². The van der Waals surface area contributed by atoms with E-state index in [0.717, 1.165) is 12.1 Å². The Hall–Kier alpha value is -2.76. The van der Waals surface area contributed by atoms with E-state index < -0.39 is 34.6 Å². The Kier molecular flexibility index (Phi) is 4.97. The maximum Gasteiger partial charge on any atom is 0.241 e. The number of anilines is 2. The molecule has 2 rings (SSSR count). The van der Waals surface area contributed by atoms with Crippen LogP contribution in [0.1, 0.15) is 13.8 Å². The zero-order valence-electron chi connectivity index (χ0n) is 13.6. The molecule has 4 nitrogen and oxygen atoms in total. The minimum Gasteiger partial charge on any atom is -0.320 e. The molecule has 2 aromatic rings. The van der Waals surface area contributed by atoms with E-state index >= 15 is 0 Å². The third kappa shape index (κ3) is 3.42. The summed E-state index contributed by atoms with van der Waals surface area (Å²) < 4.78 is 27.3. The summed E-state index contributed by atoms with van der Waals surface area (Å²) in [5.41, 5.74) is -1.47. The summed E-state index contributed by atoms with van der Waals surface area (Å²) in [5.74, 6) is -3.09. The zero-order valence-corrected chi connectivity index (χ0v) is 13.6. The smallest absolute Gasteiger partial charge is 0.241 e. The second-order valence-electron chi connectivity index (χ2n) is 5.88. The molecule has 6 heteroatoms. The molecule has 0 aliphatic rings. The van der Waals surface area contributed by atoms with Crippen molar-refractivity contribution in [3.05, 3.63) is 60.2 Å². The van der Waals surface area contributed by atoms with Crippen molar-refractivity contribution >= 4 is 23.2 Å². The number of amides is 2. The minimum absolute atomic E-state index is 0.497. The first kappa shape index (κ1) is 17.6. The number of hydrogen-bond acceptors (Lipinski definition) is 2. The third-order valence-electron chi connectivity index (χ3n) is 3.75. The Labute approximate surface area is 139 Å². The molecular formula is C18H18F2N2O2. The SMILES string of the molecule is CN(C(=O)C(C)(C)C(=O)Nc1c(F)cccc1F)c1ccccc1. The van der Waals surface area contributed by atoms with Gasteiger partial charge in [-0.3, -0.25) is 9.59 Å². The highest BCUT2D eigenvalue weighted by Crippen LogP contribution is 2.26. The van der Waals surface area contributed by atoms with Crippen LogP contribution in [0.25, 0.3) is 0 Å². The predicted molar refractivity (Wildman–Crippen MR) is 88.6 cm³/mol. The highest BCUT2D eigenvalue weighted by atomic mass is 19.1. The molecule has 0 radical (unpaired) electrons. The van der Waals surface area contributed by atoms with Gasteiger partial charge in [-0.1, -0.05) is 24.3 Å². The first-order valence-electron chi connectivity index (χ1n) is 7.34. The zero-order chi connectivity index (χ0) is 17.9. The normalized spacial score (nSPS) is 11.0. The van der Waals surface area contributed by atoms with Gasteiger partial charge in [-0.2, -0.15) is 0 Å². The first-order chi connectivity index (χ1) is 11.2. The molecule has 2 amide bonds. The number of benzene rings is 2. The van der Waals surface area contributed by atoms with Gasteiger partial charge in [0.15, 0.2) is 0 Å². The molecule has 24 heavy (non-hydrogen) atoms. The molecule has 0 spiro atoms. The van der Waals surface area contributed by atoms with Gasteiger partial charge in [0.1, 0.15) is 22.7 Å². The molecule has 0 unspecified atom stereocenters. The van der Waals surface area contributed by atoms with Crippen molar-refractivity contribution in [1.29, 1.82) is 0 Å². The minimum atomic E-state index is -1.51. The van der Waals surface area contributed by atoms with Crippen LogP contribution in [0.2, 0.25) is 0 Å². The molecule has 0 saturated heterocycles. The highest BCUT2D eigenvalue weighted by molar-refractivity contribution is 6.14. The number of rotatable bonds is 4. The van der Waals surface area contributed by atoms with Crippen LogP contribution in [0.4, 0.5) is 20.2 Å². The predicted octanol–water partition coefficient (Wildman–Crippen LogP) is 3.59. The maximum atomic E-state index is 13.7. The van der Waals surface area contributed by atoms with Crippen LogP contribution >= 0.6 is 0 Å². The Balaban J connectivity index is 2.22. The van der Waals surface area contributed by atoms with Crippen LogP contribution in [-0.4, -0.2) is 18.9 Å². The van der Waals surface area contributed by atoms with Crippen molar-refractivity contribution in [2.45, 2.75) is 13.8 Å². The van der Waals surface area contributed by atoms with E-state index in [1.165, 1.54) is 31.9 Å². The lowest BCUT2D eigenvalue weighted by Gasteiger charge is -2.28. The Morgan fingerprint density at radius 3 is 2.04 bits per heavy atom. The van der Waals surface area contributed by atoms with Gasteiger partial charge < -0.3 is 10.2 Å². The number of hydrogen-bond donors (Lipinski definition) is 1. The standard InChI is InChI=1S/C18H18F2N2O2/c1-18(2,17(24)22(3)12-8-5-4-6-9-12)16(23)21-15-13(19)10-7-11-14(15)20/h4-11H,1-3H3,(H,21,23). The largest absolute Gasteiger partial charge is 0.320 e. The third-order valence-corrected chi connectivity index (χ3v) is 3.75. The number of nitrogens with one attached hydrogen (secondary N) is 1.